The quantitative estimate of drug-likeness (QED) is 0.592. The molecule has 6 nitrogen and oxygen atoms in total. The van der Waals surface area contributed by atoms with Crippen LogP contribution in [0.1, 0.15) is 28.2 Å². The zero-order valence-corrected chi connectivity index (χ0v) is 16.5. The van der Waals surface area contributed by atoms with Gasteiger partial charge in [0.05, 0.1) is 5.56 Å². The molecule has 11 heteroatoms. The fourth-order valence-corrected chi connectivity index (χ4v) is 3.50. The summed E-state index contributed by atoms with van der Waals surface area (Å²) in [6.45, 7) is 1.86. The number of amides is 1. The summed E-state index contributed by atoms with van der Waals surface area (Å²) in [4.78, 5) is 17.8. The molecule has 1 N–H and O–H groups in total. The van der Waals surface area contributed by atoms with Crippen molar-refractivity contribution < 1.29 is 31.3 Å². The van der Waals surface area contributed by atoms with Crippen LogP contribution in [-0.2, 0) is 12.7 Å². The van der Waals surface area contributed by atoms with E-state index in [0.717, 1.165) is 17.7 Å². The predicted molar refractivity (Wildman–Crippen MR) is 102 cm³/mol. The molecule has 1 aliphatic rings. The first-order valence-electron chi connectivity index (χ1n) is 9.67. The first-order valence-corrected chi connectivity index (χ1v) is 9.67. The van der Waals surface area contributed by atoms with Gasteiger partial charge in [-0.3, -0.25) is 9.69 Å². The van der Waals surface area contributed by atoms with Crippen LogP contribution in [0.15, 0.2) is 47.0 Å². The summed E-state index contributed by atoms with van der Waals surface area (Å²) >= 11 is 0. The number of rotatable bonds is 5. The Bertz CT molecular complexity index is 1110. The van der Waals surface area contributed by atoms with Crippen molar-refractivity contribution in [3.63, 3.8) is 0 Å². The van der Waals surface area contributed by atoms with Gasteiger partial charge in [0.1, 0.15) is 11.6 Å². The molecule has 168 valence electrons. The van der Waals surface area contributed by atoms with E-state index in [2.05, 4.69) is 24.9 Å². The number of nitrogens with one attached hydrogen (secondary N) is 1. The van der Waals surface area contributed by atoms with E-state index in [4.69, 9.17) is 0 Å². The molecule has 1 fully saturated rings. The van der Waals surface area contributed by atoms with Gasteiger partial charge >= 0.3 is 12.1 Å². The van der Waals surface area contributed by atoms with Crippen LogP contribution in [0.25, 0.3) is 11.4 Å². The van der Waals surface area contributed by atoms with Gasteiger partial charge in [-0.1, -0.05) is 23.4 Å². The van der Waals surface area contributed by atoms with Gasteiger partial charge in [0, 0.05) is 31.2 Å². The predicted octanol–water partition coefficient (Wildman–Crippen LogP) is 4.04. The molecule has 2 aromatic carbocycles. The highest BCUT2D eigenvalue weighted by Gasteiger charge is 2.38. The third-order valence-electron chi connectivity index (χ3n) is 5.07. The Morgan fingerprint density at radius 1 is 1.16 bits per heavy atom. The summed E-state index contributed by atoms with van der Waals surface area (Å²) < 4.78 is 69.4. The van der Waals surface area contributed by atoms with Crippen molar-refractivity contribution in [2.24, 2.45) is 0 Å². The fourth-order valence-electron chi connectivity index (χ4n) is 3.50. The van der Waals surface area contributed by atoms with E-state index in [1.165, 1.54) is 18.2 Å². The minimum absolute atomic E-state index is 0.0513. The summed E-state index contributed by atoms with van der Waals surface area (Å²) in [6, 6.07) is 9.25. The number of alkyl halides is 3. The molecular formula is C21H17F5N4O2. The van der Waals surface area contributed by atoms with E-state index in [-0.39, 0.29) is 23.0 Å². The minimum Gasteiger partial charge on any atom is -0.348 e. The highest BCUT2D eigenvalue weighted by Crippen LogP contribution is 2.29. The zero-order chi connectivity index (χ0) is 22.9. The maximum Gasteiger partial charge on any atom is 0.471 e. The number of carbonyl (C=O) groups is 1. The summed E-state index contributed by atoms with van der Waals surface area (Å²) in [5.41, 5.74) is 0.644. The molecule has 1 unspecified atom stereocenters. The van der Waals surface area contributed by atoms with Crippen LogP contribution in [0.3, 0.4) is 0 Å². The molecule has 2 heterocycles. The largest absolute Gasteiger partial charge is 0.471 e. The molecule has 0 radical (unpaired) electrons. The first kappa shape index (κ1) is 21.9. The van der Waals surface area contributed by atoms with E-state index in [9.17, 15) is 26.7 Å². The Balaban J connectivity index is 1.37. The Kier molecular flexibility index (Phi) is 5.92. The van der Waals surface area contributed by atoms with Crippen LogP contribution < -0.4 is 5.32 Å². The van der Waals surface area contributed by atoms with Gasteiger partial charge < -0.3 is 9.84 Å². The Hall–Kier alpha value is -3.34. The Morgan fingerprint density at radius 3 is 2.56 bits per heavy atom. The standard InChI is InChI=1S/C21H17F5N4O2/c22-14-4-1-12(2-5-14)10-30-8-7-15(11-30)27-19(31)16-6-3-13(9-17(16)23)18-28-20(32-29-18)21(24,25)26/h1-6,9,15H,7-8,10-11H2,(H,27,31). The molecular weight excluding hydrogens is 435 g/mol. The van der Waals surface area contributed by atoms with E-state index in [1.807, 2.05) is 0 Å². The van der Waals surface area contributed by atoms with Gasteiger partial charge in [-0.05, 0) is 36.2 Å². The molecule has 1 atom stereocenters. The fraction of sp³-hybridized carbons (Fsp3) is 0.286. The molecule has 3 aromatic rings. The van der Waals surface area contributed by atoms with Gasteiger partial charge in [-0.15, -0.1) is 0 Å². The Labute approximate surface area is 179 Å². The molecule has 32 heavy (non-hydrogen) atoms. The molecule has 1 amide bonds. The average Bonchev–Trinajstić information content (AvgIpc) is 3.39. The number of benzene rings is 2. The monoisotopic (exact) mass is 452 g/mol. The van der Waals surface area contributed by atoms with Gasteiger partial charge in [-0.25, -0.2) is 8.78 Å². The van der Waals surface area contributed by atoms with Crippen LogP contribution in [0.5, 0.6) is 0 Å². The molecule has 0 aliphatic carbocycles. The normalized spacial score (nSPS) is 17.0. The van der Waals surface area contributed by atoms with Crippen molar-refractivity contribution in [2.45, 2.75) is 25.2 Å². The zero-order valence-electron chi connectivity index (χ0n) is 16.5. The van der Waals surface area contributed by atoms with E-state index in [0.29, 0.717) is 26.1 Å². The highest BCUT2D eigenvalue weighted by molar-refractivity contribution is 5.95. The van der Waals surface area contributed by atoms with Gasteiger partial charge in [0.25, 0.3) is 5.91 Å². The number of aromatic nitrogens is 2. The summed E-state index contributed by atoms with van der Waals surface area (Å²) in [7, 11) is 0. The molecule has 1 aromatic heterocycles. The topological polar surface area (TPSA) is 71.3 Å². The van der Waals surface area contributed by atoms with E-state index >= 15 is 0 Å². The first-order chi connectivity index (χ1) is 15.2. The van der Waals surface area contributed by atoms with E-state index < -0.39 is 29.6 Å². The van der Waals surface area contributed by atoms with Crippen LogP contribution in [0.2, 0.25) is 0 Å². The second-order valence-corrected chi connectivity index (χ2v) is 7.44. The average molecular weight is 452 g/mol. The lowest BCUT2D eigenvalue weighted by atomic mass is 10.1. The number of hydrogen-bond acceptors (Lipinski definition) is 5. The van der Waals surface area contributed by atoms with Crippen LogP contribution in [-0.4, -0.2) is 40.1 Å². The minimum atomic E-state index is -4.81. The number of likely N-dealkylation sites (tertiary alicyclic amines) is 1. The Morgan fingerprint density at radius 2 is 1.91 bits per heavy atom. The second-order valence-electron chi connectivity index (χ2n) is 7.44. The van der Waals surface area contributed by atoms with E-state index in [1.54, 1.807) is 12.1 Å². The van der Waals surface area contributed by atoms with Crippen molar-refractivity contribution in [1.82, 2.24) is 20.4 Å². The van der Waals surface area contributed by atoms with Crippen LogP contribution in [0.4, 0.5) is 22.0 Å². The van der Waals surface area contributed by atoms with Crippen molar-refractivity contribution in [3.8, 4) is 11.4 Å². The van der Waals surface area contributed by atoms with Crippen molar-refractivity contribution in [3.05, 3.63) is 71.1 Å². The third kappa shape index (κ3) is 4.93. The lowest BCUT2D eigenvalue weighted by molar-refractivity contribution is -0.159. The maximum absolute atomic E-state index is 14.5. The summed E-state index contributed by atoms with van der Waals surface area (Å²) in [6.07, 6.45) is -4.15. The molecule has 0 spiro atoms. The SMILES string of the molecule is O=C(NC1CCN(Cc2ccc(F)cc2)C1)c1ccc(-c2noc(C(F)(F)F)n2)cc1F. The highest BCUT2D eigenvalue weighted by atomic mass is 19.4. The molecule has 0 saturated carbocycles. The van der Waals surface area contributed by atoms with Crippen molar-refractivity contribution in [2.75, 3.05) is 13.1 Å². The second kappa shape index (κ2) is 8.65. The molecule has 1 aliphatic heterocycles. The van der Waals surface area contributed by atoms with Crippen LogP contribution >= 0.6 is 0 Å². The van der Waals surface area contributed by atoms with Crippen molar-refractivity contribution in [1.29, 1.82) is 0 Å². The third-order valence-corrected chi connectivity index (χ3v) is 5.07. The van der Waals surface area contributed by atoms with Gasteiger partial charge in [0.2, 0.25) is 5.82 Å². The van der Waals surface area contributed by atoms with Crippen LogP contribution in [0, 0.1) is 11.6 Å². The van der Waals surface area contributed by atoms with Gasteiger partial charge in [0.15, 0.2) is 0 Å². The lowest BCUT2D eigenvalue weighted by Crippen LogP contribution is -2.37. The molecule has 0 bridgehead atoms. The van der Waals surface area contributed by atoms with Crippen molar-refractivity contribution >= 4 is 5.91 Å². The smallest absolute Gasteiger partial charge is 0.348 e. The number of halogens is 5. The molecule has 1 saturated heterocycles. The molecule has 4 rings (SSSR count). The number of nitrogens with zero attached hydrogens (tertiary/aromatic N) is 3. The summed E-state index contributed by atoms with van der Waals surface area (Å²) in [5.74, 6) is -3.84. The maximum atomic E-state index is 14.5. The number of hydrogen-bond donors (Lipinski definition) is 1. The van der Waals surface area contributed by atoms with Gasteiger partial charge in [-0.2, -0.15) is 18.2 Å². The number of carbonyl (C=O) groups excluding carboxylic acids is 1. The lowest BCUT2D eigenvalue weighted by Gasteiger charge is -2.17. The summed E-state index contributed by atoms with van der Waals surface area (Å²) in [5, 5.41) is 5.96.